The van der Waals surface area contributed by atoms with Gasteiger partial charge in [0.25, 0.3) is 5.91 Å². The summed E-state index contributed by atoms with van der Waals surface area (Å²) in [6.45, 7) is 6.97. The molecule has 144 valence electrons. The van der Waals surface area contributed by atoms with Gasteiger partial charge in [0.15, 0.2) is 5.11 Å². The smallest absolute Gasteiger partial charge is 0.257 e. The molecule has 27 heavy (non-hydrogen) atoms. The summed E-state index contributed by atoms with van der Waals surface area (Å²) in [7, 11) is 0. The molecule has 0 unspecified atom stereocenters. The van der Waals surface area contributed by atoms with E-state index in [9.17, 15) is 4.79 Å². The fraction of sp³-hybridized carbons (Fsp3) is 0.364. The van der Waals surface area contributed by atoms with Crippen LogP contribution in [0.15, 0.2) is 42.5 Å². The van der Waals surface area contributed by atoms with Crippen molar-refractivity contribution >= 4 is 28.9 Å². The molecule has 0 saturated heterocycles. The lowest BCUT2D eigenvalue weighted by Crippen LogP contribution is -2.34. The highest BCUT2D eigenvalue weighted by Crippen LogP contribution is 2.21. The number of rotatable bonds is 8. The van der Waals surface area contributed by atoms with Crippen LogP contribution in [0.5, 0.6) is 5.75 Å². The third-order valence-electron chi connectivity index (χ3n) is 4.34. The Kier molecular flexibility index (Phi) is 8.27. The van der Waals surface area contributed by atoms with Crippen molar-refractivity contribution in [3.8, 4) is 5.75 Å². The van der Waals surface area contributed by atoms with Crippen LogP contribution in [0.25, 0.3) is 0 Å². The summed E-state index contributed by atoms with van der Waals surface area (Å²) in [5.74, 6) is 0.535. The molecule has 5 heteroatoms. The Labute approximate surface area is 167 Å². The number of carbonyl (C=O) groups excluding carboxylic acids is 1. The highest BCUT2D eigenvalue weighted by molar-refractivity contribution is 7.80. The van der Waals surface area contributed by atoms with Gasteiger partial charge < -0.3 is 10.1 Å². The maximum atomic E-state index is 12.4. The second kappa shape index (κ2) is 10.7. The fourth-order valence-electron chi connectivity index (χ4n) is 2.77. The molecule has 1 amide bonds. The van der Waals surface area contributed by atoms with E-state index < -0.39 is 0 Å². The molecule has 0 fully saturated rings. The number of thiocarbonyl (C=S) groups is 1. The van der Waals surface area contributed by atoms with E-state index in [1.165, 1.54) is 6.42 Å². The SMILES string of the molecule is CCCCCOc1ccc(C(=O)NC(=S)Nc2c(C)cccc2CC)cc1. The number of ether oxygens (including phenoxy) is 1. The van der Waals surface area contributed by atoms with Gasteiger partial charge in [-0.05, 0) is 67.4 Å². The van der Waals surface area contributed by atoms with Crippen molar-refractivity contribution in [2.75, 3.05) is 11.9 Å². The molecule has 2 N–H and O–H groups in total. The maximum Gasteiger partial charge on any atom is 0.257 e. The van der Waals surface area contributed by atoms with E-state index in [1.807, 2.05) is 31.2 Å². The summed E-state index contributed by atoms with van der Waals surface area (Å²) in [6.07, 6.45) is 4.25. The summed E-state index contributed by atoms with van der Waals surface area (Å²) in [6, 6.07) is 13.2. The van der Waals surface area contributed by atoms with E-state index in [2.05, 4.69) is 30.5 Å². The number of hydrogen-bond acceptors (Lipinski definition) is 3. The van der Waals surface area contributed by atoms with Gasteiger partial charge in [0, 0.05) is 11.3 Å². The number of unbranched alkanes of at least 4 members (excludes halogenated alkanes) is 2. The summed E-state index contributed by atoms with van der Waals surface area (Å²) < 4.78 is 5.67. The van der Waals surface area contributed by atoms with Crippen LogP contribution >= 0.6 is 12.2 Å². The first-order chi connectivity index (χ1) is 13.0. The molecule has 2 aromatic carbocycles. The van der Waals surface area contributed by atoms with Crippen molar-refractivity contribution in [2.45, 2.75) is 46.5 Å². The first-order valence-corrected chi connectivity index (χ1v) is 9.89. The highest BCUT2D eigenvalue weighted by Gasteiger charge is 2.11. The average Bonchev–Trinajstić information content (AvgIpc) is 2.67. The quantitative estimate of drug-likeness (QED) is 0.482. The Balaban J connectivity index is 1.92. The van der Waals surface area contributed by atoms with E-state index >= 15 is 0 Å². The lowest BCUT2D eigenvalue weighted by Gasteiger charge is -2.15. The van der Waals surface area contributed by atoms with E-state index in [1.54, 1.807) is 12.1 Å². The fourth-order valence-corrected chi connectivity index (χ4v) is 2.96. The Morgan fingerprint density at radius 2 is 1.81 bits per heavy atom. The Morgan fingerprint density at radius 3 is 2.48 bits per heavy atom. The minimum atomic E-state index is -0.239. The Hall–Kier alpha value is -2.40. The van der Waals surface area contributed by atoms with Crippen molar-refractivity contribution in [3.05, 3.63) is 59.2 Å². The molecule has 0 saturated carbocycles. The third kappa shape index (κ3) is 6.36. The van der Waals surface area contributed by atoms with Crippen LogP contribution in [-0.2, 0) is 6.42 Å². The topological polar surface area (TPSA) is 50.4 Å². The molecule has 2 rings (SSSR count). The summed E-state index contributed by atoms with van der Waals surface area (Å²) in [5.41, 5.74) is 3.76. The number of hydrogen-bond donors (Lipinski definition) is 2. The zero-order valence-electron chi connectivity index (χ0n) is 16.3. The Bertz CT molecular complexity index is 772. The van der Waals surface area contributed by atoms with E-state index in [-0.39, 0.29) is 5.91 Å². The minimum absolute atomic E-state index is 0.239. The van der Waals surface area contributed by atoms with Crippen molar-refractivity contribution in [3.63, 3.8) is 0 Å². The molecule has 0 aliphatic carbocycles. The molecular weight excluding hydrogens is 356 g/mol. The lowest BCUT2D eigenvalue weighted by molar-refractivity contribution is 0.0977. The van der Waals surface area contributed by atoms with Gasteiger partial charge in [-0.3, -0.25) is 10.1 Å². The molecule has 0 heterocycles. The van der Waals surface area contributed by atoms with Gasteiger partial charge in [0.1, 0.15) is 5.75 Å². The van der Waals surface area contributed by atoms with Gasteiger partial charge in [0.2, 0.25) is 0 Å². The number of nitrogens with one attached hydrogen (secondary N) is 2. The zero-order valence-corrected chi connectivity index (χ0v) is 17.1. The van der Waals surface area contributed by atoms with Gasteiger partial charge in [-0.15, -0.1) is 0 Å². The molecule has 0 aliphatic heterocycles. The van der Waals surface area contributed by atoms with Crippen LogP contribution in [0.2, 0.25) is 0 Å². The van der Waals surface area contributed by atoms with Crippen LogP contribution < -0.4 is 15.4 Å². The Morgan fingerprint density at radius 1 is 1.07 bits per heavy atom. The van der Waals surface area contributed by atoms with Crippen molar-refractivity contribution in [1.82, 2.24) is 5.32 Å². The van der Waals surface area contributed by atoms with Gasteiger partial charge in [-0.1, -0.05) is 44.9 Å². The number of aryl methyl sites for hydroxylation is 2. The van der Waals surface area contributed by atoms with Crippen LogP contribution in [0, 0.1) is 6.92 Å². The average molecular weight is 385 g/mol. The number of amides is 1. The first-order valence-electron chi connectivity index (χ1n) is 9.48. The zero-order chi connectivity index (χ0) is 19.6. The van der Waals surface area contributed by atoms with E-state index in [0.29, 0.717) is 17.3 Å². The predicted molar refractivity (Wildman–Crippen MR) is 116 cm³/mol. The van der Waals surface area contributed by atoms with E-state index in [0.717, 1.165) is 41.8 Å². The maximum absolute atomic E-state index is 12.4. The van der Waals surface area contributed by atoms with Crippen molar-refractivity contribution in [1.29, 1.82) is 0 Å². The van der Waals surface area contributed by atoms with Gasteiger partial charge in [0.05, 0.1) is 6.61 Å². The second-order valence-corrected chi connectivity index (χ2v) is 6.86. The second-order valence-electron chi connectivity index (χ2n) is 6.45. The minimum Gasteiger partial charge on any atom is -0.494 e. The van der Waals surface area contributed by atoms with Crippen LogP contribution in [0.4, 0.5) is 5.69 Å². The molecule has 0 spiro atoms. The molecule has 0 bridgehead atoms. The van der Waals surface area contributed by atoms with Gasteiger partial charge in [-0.2, -0.15) is 0 Å². The summed E-state index contributed by atoms with van der Waals surface area (Å²) in [4.78, 5) is 12.4. The lowest BCUT2D eigenvalue weighted by atomic mass is 10.1. The summed E-state index contributed by atoms with van der Waals surface area (Å²) >= 11 is 5.32. The first kappa shape index (κ1) is 20.9. The molecular formula is C22H28N2O2S. The molecule has 2 aromatic rings. The van der Waals surface area contributed by atoms with E-state index in [4.69, 9.17) is 17.0 Å². The monoisotopic (exact) mass is 384 g/mol. The predicted octanol–water partition coefficient (Wildman–Crippen LogP) is 5.25. The van der Waals surface area contributed by atoms with Gasteiger partial charge >= 0.3 is 0 Å². The van der Waals surface area contributed by atoms with Crippen LogP contribution in [0.1, 0.15) is 54.6 Å². The van der Waals surface area contributed by atoms with Crippen LogP contribution in [0.3, 0.4) is 0 Å². The highest BCUT2D eigenvalue weighted by atomic mass is 32.1. The number of anilines is 1. The molecule has 4 nitrogen and oxygen atoms in total. The van der Waals surface area contributed by atoms with Crippen molar-refractivity contribution < 1.29 is 9.53 Å². The normalized spacial score (nSPS) is 10.3. The van der Waals surface area contributed by atoms with Crippen LogP contribution in [-0.4, -0.2) is 17.6 Å². The number of para-hydroxylation sites is 1. The number of carbonyl (C=O) groups is 1. The molecule has 0 aliphatic rings. The molecule has 0 aromatic heterocycles. The molecule has 0 radical (unpaired) electrons. The third-order valence-corrected chi connectivity index (χ3v) is 4.54. The summed E-state index contributed by atoms with van der Waals surface area (Å²) in [5, 5.41) is 6.19. The largest absolute Gasteiger partial charge is 0.494 e. The van der Waals surface area contributed by atoms with Crippen molar-refractivity contribution in [2.24, 2.45) is 0 Å². The van der Waals surface area contributed by atoms with Gasteiger partial charge in [-0.25, -0.2) is 0 Å². The number of benzene rings is 2. The standard InChI is InChI=1S/C22H28N2O2S/c1-4-6-7-15-26-19-13-11-18(12-14-19)21(25)24-22(27)23-20-16(3)9-8-10-17(20)5-2/h8-14H,4-7,15H2,1-3H3,(H2,23,24,25,27). The molecule has 0 atom stereocenters.